The molecule has 5 nitrogen and oxygen atoms in total. The number of nitrogens with zero attached hydrogens (tertiary/aromatic N) is 4. The van der Waals surface area contributed by atoms with E-state index in [-0.39, 0.29) is 5.95 Å². The zero-order valence-electron chi connectivity index (χ0n) is 7.97. The van der Waals surface area contributed by atoms with Crippen LogP contribution in [0.15, 0.2) is 29.3 Å². The average Bonchev–Trinajstić information content (AvgIpc) is 2.56. The van der Waals surface area contributed by atoms with Crippen LogP contribution in [0.5, 0.6) is 0 Å². The van der Waals surface area contributed by atoms with E-state index in [2.05, 4.69) is 31.0 Å². The fraction of sp³-hybridized carbons (Fsp3) is 0.222. The van der Waals surface area contributed by atoms with Crippen LogP contribution < -0.4 is 5.73 Å². The summed E-state index contributed by atoms with van der Waals surface area (Å²) >= 11 is 3.29. The van der Waals surface area contributed by atoms with Gasteiger partial charge >= 0.3 is 0 Å². The summed E-state index contributed by atoms with van der Waals surface area (Å²) < 4.78 is 2.39. The number of pyridine rings is 1. The van der Waals surface area contributed by atoms with Gasteiger partial charge in [0.05, 0.1) is 0 Å². The molecule has 0 aliphatic rings. The summed E-state index contributed by atoms with van der Waals surface area (Å²) in [5.41, 5.74) is 6.68. The first kappa shape index (κ1) is 10.1. The maximum Gasteiger partial charge on any atom is 0.240 e. The van der Waals surface area contributed by atoms with Crippen molar-refractivity contribution in [1.82, 2.24) is 19.7 Å². The van der Waals surface area contributed by atoms with Crippen LogP contribution in [-0.4, -0.2) is 19.7 Å². The first-order valence-electron chi connectivity index (χ1n) is 4.50. The molecule has 78 valence electrons. The van der Waals surface area contributed by atoms with Gasteiger partial charge in [-0.25, -0.2) is 4.68 Å². The Bertz CT molecular complexity index is 439. The van der Waals surface area contributed by atoms with Crippen LogP contribution in [-0.2, 0) is 13.0 Å². The summed E-state index contributed by atoms with van der Waals surface area (Å²) in [5.74, 6) is 0.289. The highest BCUT2D eigenvalue weighted by atomic mass is 79.9. The lowest BCUT2D eigenvalue weighted by Gasteiger charge is -2.01. The molecule has 0 fully saturated rings. The Morgan fingerprint density at radius 1 is 1.33 bits per heavy atom. The second-order valence-corrected chi connectivity index (χ2v) is 3.78. The largest absolute Gasteiger partial charge is 0.366 e. The van der Waals surface area contributed by atoms with Gasteiger partial charge in [0.25, 0.3) is 0 Å². The summed E-state index contributed by atoms with van der Waals surface area (Å²) in [6.07, 6.45) is 4.43. The molecule has 0 aliphatic heterocycles. The number of nitrogens with two attached hydrogens (primary N) is 1. The summed E-state index contributed by atoms with van der Waals surface area (Å²) in [4.78, 5) is 7.92. The molecule has 2 rings (SSSR count). The maximum atomic E-state index is 5.47. The van der Waals surface area contributed by atoms with E-state index in [9.17, 15) is 0 Å². The van der Waals surface area contributed by atoms with E-state index in [1.807, 2.05) is 12.1 Å². The zero-order chi connectivity index (χ0) is 10.7. The SMILES string of the molecule is Nc1nc(Br)n(CCc2ccncc2)n1. The topological polar surface area (TPSA) is 69.6 Å². The van der Waals surface area contributed by atoms with Crippen molar-refractivity contribution in [2.45, 2.75) is 13.0 Å². The molecule has 0 amide bonds. The third kappa shape index (κ3) is 2.53. The predicted molar refractivity (Wildman–Crippen MR) is 60.1 cm³/mol. The molecular formula is C9H10BrN5. The van der Waals surface area contributed by atoms with Crippen LogP contribution in [0, 0.1) is 0 Å². The van der Waals surface area contributed by atoms with Gasteiger partial charge in [0.15, 0.2) is 4.73 Å². The second kappa shape index (κ2) is 4.39. The van der Waals surface area contributed by atoms with Crippen LogP contribution >= 0.6 is 15.9 Å². The van der Waals surface area contributed by atoms with E-state index < -0.39 is 0 Å². The Morgan fingerprint density at radius 3 is 2.67 bits per heavy atom. The van der Waals surface area contributed by atoms with Gasteiger partial charge < -0.3 is 5.73 Å². The number of anilines is 1. The highest BCUT2D eigenvalue weighted by Crippen LogP contribution is 2.09. The third-order valence-electron chi connectivity index (χ3n) is 2.00. The van der Waals surface area contributed by atoms with Gasteiger partial charge in [0.2, 0.25) is 5.95 Å². The minimum absolute atomic E-state index is 0.289. The number of rotatable bonds is 3. The van der Waals surface area contributed by atoms with Gasteiger partial charge in [-0.3, -0.25) is 4.98 Å². The lowest BCUT2D eigenvalue weighted by atomic mass is 10.2. The number of aromatic nitrogens is 4. The predicted octanol–water partition coefficient (Wildman–Crippen LogP) is 1.26. The van der Waals surface area contributed by atoms with Crippen LogP contribution in [0.25, 0.3) is 0 Å². The fourth-order valence-electron chi connectivity index (χ4n) is 1.27. The van der Waals surface area contributed by atoms with Crippen molar-refractivity contribution in [3.63, 3.8) is 0 Å². The molecule has 0 saturated carbocycles. The summed E-state index contributed by atoms with van der Waals surface area (Å²) in [6, 6.07) is 3.96. The fourth-order valence-corrected chi connectivity index (χ4v) is 1.70. The summed E-state index contributed by atoms with van der Waals surface area (Å²) in [7, 11) is 0. The molecule has 0 aliphatic carbocycles. The monoisotopic (exact) mass is 267 g/mol. The van der Waals surface area contributed by atoms with E-state index in [1.54, 1.807) is 17.1 Å². The Kier molecular flexibility index (Phi) is 2.96. The highest BCUT2D eigenvalue weighted by molar-refractivity contribution is 9.10. The van der Waals surface area contributed by atoms with Crippen molar-refractivity contribution >= 4 is 21.9 Å². The van der Waals surface area contributed by atoms with Gasteiger partial charge in [-0.2, -0.15) is 4.98 Å². The molecule has 2 aromatic heterocycles. The Balaban J connectivity index is 2.02. The summed E-state index contributed by atoms with van der Waals surface area (Å²) in [6.45, 7) is 0.745. The van der Waals surface area contributed by atoms with E-state index in [1.165, 1.54) is 5.56 Å². The first-order valence-corrected chi connectivity index (χ1v) is 5.30. The molecule has 15 heavy (non-hydrogen) atoms. The number of aryl methyl sites for hydroxylation is 2. The van der Waals surface area contributed by atoms with E-state index in [0.29, 0.717) is 4.73 Å². The second-order valence-electron chi connectivity index (χ2n) is 3.07. The van der Waals surface area contributed by atoms with Gasteiger partial charge in [-0.1, -0.05) is 0 Å². The molecule has 2 aromatic rings. The van der Waals surface area contributed by atoms with Crippen molar-refractivity contribution in [3.05, 3.63) is 34.8 Å². The average molecular weight is 268 g/mol. The molecule has 6 heteroatoms. The quantitative estimate of drug-likeness (QED) is 0.909. The number of hydrogen-bond donors (Lipinski definition) is 1. The van der Waals surface area contributed by atoms with Crippen molar-refractivity contribution in [2.24, 2.45) is 0 Å². The molecule has 0 spiro atoms. The zero-order valence-corrected chi connectivity index (χ0v) is 9.55. The normalized spacial score (nSPS) is 10.5. The Morgan fingerprint density at radius 2 is 2.07 bits per heavy atom. The maximum absolute atomic E-state index is 5.47. The molecule has 0 bridgehead atoms. The third-order valence-corrected chi connectivity index (χ3v) is 2.59. The van der Waals surface area contributed by atoms with Gasteiger partial charge in [0.1, 0.15) is 0 Å². The van der Waals surface area contributed by atoms with Gasteiger partial charge in [-0.05, 0) is 40.0 Å². The molecule has 2 N–H and O–H groups in total. The molecule has 0 aromatic carbocycles. The number of nitrogen functional groups attached to an aromatic ring is 1. The Hall–Kier alpha value is -1.43. The van der Waals surface area contributed by atoms with Gasteiger partial charge in [0, 0.05) is 18.9 Å². The van der Waals surface area contributed by atoms with Crippen molar-refractivity contribution < 1.29 is 0 Å². The molecule has 0 saturated heterocycles. The minimum Gasteiger partial charge on any atom is -0.366 e. The van der Waals surface area contributed by atoms with Crippen molar-refractivity contribution in [3.8, 4) is 0 Å². The minimum atomic E-state index is 0.289. The smallest absolute Gasteiger partial charge is 0.240 e. The molecule has 0 atom stereocenters. The molecule has 2 heterocycles. The molecule has 0 radical (unpaired) electrons. The van der Waals surface area contributed by atoms with Crippen molar-refractivity contribution in [1.29, 1.82) is 0 Å². The van der Waals surface area contributed by atoms with Crippen molar-refractivity contribution in [2.75, 3.05) is 5.73 Å². The first-order chi connectivity index (χ1) is 7.25. The van der Waals surface area contributed by atoms with Crippen LogP contribution in [0.3, 0.4) is 0 Å². The lowest BCUT2D eigenvalue weighted by Crippen LogP contribution is -2.04. The van der Waals surface area contributed by atoms with Gasteiger partial charge in [-0.15, -0.1) is 5.10 Å². The number of halogens is 1. The number of hydrogen-bond acceptors (Lipinski definition) is 4. The van der Waals surface area contributed by atoms with Crippen LogP contribution in [0.2, 0.25) is 0 Å². The molecule has 0 unspecified atom stereocenters. The highest BCUT2D eigenvalue weighted by Gasteiger charge is 2.03. The Labute approximate surface area is 95.5 Å². The van der Waals surface area contributed by atoms with Crippen LogP contribution in [0.1, 0.15) is 5.56 Å². The summed E-state index contributed by atoms with van der Waals surface area (Å²) in [5, 5.41) is 4.05. The standard InChI is InChI=1S/C9H10BrN5/c10-8-13-9(11)14-15(8)6-3-7-1-4-12-5-2-7/h1-2,4-5H,3,6H2,(H2,11,14). The van der Waals surface area contributed by atoms with E-state index >= 15 is 0 Å². The van der Waals surface area contributed by atoms with E-state index in [4.69, 9.17) is 5.73 Å². The van der Waals surface area contributed by atoms with E-state index in [0.717, 1.165) is 13.0 Å². The lowest BCUT2D eigenvalue weighted by molar-refractivity contribution is 0.601. The van der Waals surface area contributed by atoms with Crippen LogP contribution in [0.4, 0.5) is 5.95 Å². The molecular weight excluding hydrogens is 258 g/mol.